The van der Waals surface area contributed by atoms with Gasteiger partial charge in [-0.05, 0) is 36.8 Å². The van der Waals surface area contributed by atoms with E-state index >= 15 is 0 Å². The highest BCUT2D eigenvalue weighted by molar-refractivity contribution is 7.89. The molecule has 2 rings (SSSR count). The fourth-order valence-corrected chi connectivity index (χ4v) is 2.12. The molecule has 0 aliphatic heterocycles. The first kappa shape index (κ1) is 13.8. The lowest BCUT2D eigenvalue weighted by Gasteiger charge is -2.08. The SMILES string of the molecule is Cc1cc(Cl)ccc1Oc1ccc(S(N)(=O)=O)cn1. The van der Waals surface area contributed by atoms with E-state index in [0.717, 1.165) is 11.8 Å². The summed E-state index contributed by atoms with van der Waals surface area (Å²) < 4.78 is 27.7. The van der Waals surface area contributed by atoms with Gasteiger partial charge in [0.05, 0.1) is 6.20 Å². The highest BCUT2D eigenvalue weighted by Crippen LogP contribution is 2.26. The molecular formula is C12H11ClN2O3S. The highest BCUT2D eigenvalue weighted by atomic mass is 35.5. The van der Waals surface area contributed by atoms with Gasteiger partial charge in [-0.1, -0.05) is 11.6 Å². The lowest BCUT2D eigenvalue weighted by Crippen LogP contribution is -2.12. The molecule has 2 aromatic rings. The normalized spacial score (nSPS) is 11.3. The van der Waals surface area contributed by atoms with Gasteiger partial charge < -0.3 is 4.74 Å². The van der Waals surface area contributed by atoms with Gasteiger partial charge in [-0.25, -0.2) is 18.5 Å². The Hall–Kier alpha value is -1.63. The molecule has 0 unspecified atom stereocenters. The van der Waals surface area contributed by atoms with E-state index in [4.69, 9.17) is 21.5 Å². The number of pyridine rings is 1. The van der Waals surface area contributed by atoms with E-state index in [2.05, 4.69) is 4.98 Å². The van der Waals surface area contributed by atoms with Crippen LogP contribution in [0.25, 0.3) is 0 Å². The minimum absolute atomic E-state index is 0.0623. The monoisotopic (exact) mass is 298 g/mol. The van der Waals surface area contributed by atoms with Crippen LogP contribution in [0.1, 0.15) is 5.56 Å². The molecule has 0 aliphatic carbocycles. The second-order valence-electron chi connectivity index (χ2n) is 3.89. The average Bonchev–Trinajstić information content (AvgIpc) is 2.32. The van der Waals surface area contributed by atoms with Crippen LogP contribution in [-0.2, 0) is 10.0 Å². The zero-order chi connectivity index (χ0) is 14.0. The summed E-state index contributed by atoms with van der Waals surface area (Å²) in [5, 5.41) is 5.59. The summed E-state index contributed by atoms with van der Waals surface area (Å²) in [5.74, 6) is 0.873. The van der Waals surface area contributed by atoms with Crippen molar-refractivity contribution in [2.45, 2.75) is 11.8 Å². The van der Waals surface area contributed by atoms with Gasteiger partial charge in [-0.3, -0.25) is 0 Å². The summed E-state index contributed by atoms with van der Waals surface area (Å²) in [6.45, 7) is 1.85. The summed E-state index contributed by atoms with van der Waals surface area (Å²) >= 11 is 5.84. The van der Waals surface area contributed by atoms with Gasteiger partial charge in [-0.2, -0.15) is 0 Å². The fourth-order valence-electron chi connectivity index (χ4n) is 1.44. The number of halogens is 1. The minimum atomic E-state index is -3.74. The fraction of sp³-hybridized carbons (Fsp3) is 0.0833. The largest absolute Gasteiger partial charge is 0.439 e. The number of nitrogens with zero attached hydrogens (tertiary/aromatic N) is 1. The van der Waals surface area contributed by atoms with Crippen molar-refractivity contribution in [3.8, 4) is 11.6 Å². The van der Waals surface area contributed by atoms with E-state index in [1.807, 2.05) is 6.92 Å². The zero-order valence-corrected chi connectivity index (χ0v) is 11.6. The van der Waals surface area contributed by atoms with Crippen molar-refractivity contribution >= 4 is 21.6 Å². The van der Waals surface area contributed by atoms with Crippen molar-refractivity contribution in [1.29, 1.82) is 0 Å². The number of hydrogen-bond acceptors (Lipinski definition) is 4. The Morgan fingerprint density at radius 3 is 2.53 bits per heavy atom. The molecule has 0 fully saturated rings. The number of primary sulfonamides is 1. The third kappa shape index (κ3) is 3.44. The summed E-state index contributed by atoms with van der Waals surface area (Å²) in [6.07, 6.45) is 1.15. The predicted molar refractivity (Wildman–Crippen MR) is 71.9 cm³/mol. The molecule has 2 N–H and O–H groups in total. The molecule has 0 radical (unpaired) electrons. The highest BCUT2D eigenvalue weighted by Gasteiger charge is 2.09. The zero-order valence-electron chi connectivity index (χ0n) is 10.00. The Morgan fingerprint density at radius 1 is 1.26 bits per heavy atom. The van der Waals surface area contributed by atoms with Crippen molar-refractivity contribution < 1.29 is 13.2 Å². The Bertz CT molecular complexity index is 699. The summed E-state index contributed by atoms with van der Waals surface area (Å²) in [5.41, 5.74) is 0.852. The number of nitrogens with two attached hydrogens (primary N) is 1. The van der Waals surface area contributed by atoms with Crippen molar-refractivity contribution in [3.63, 3.8) is 0 Å². The van der Waals surface area contributed by atoms with Crippen LogP contribution >= 0.6 is 11.6 Å². The Balaban J connectivity index is 2.25. The molecule has 0 spiro atoms. The van der Waals surface area contributed by atoms with Crippen molar-refractivity contribution in [2.24, 2.45) is 5.14 Å². The van der Waals surface area contributed by atoms with E-state index in [0.29, 0.717) is 10.8 Å². The molecule has 0 bridgehead atoms. The predicted octanol–water partition coefficient (Wildman–Crippen LogP) is 2.48. The van der Waals surface area contributed by atoms with Crippen LogP contribution in [-0.4, -0.2) is 13.4 Å². The van der Waals surface area contributed by atoms with E-state index in [-0.39, 0.29) is 10.8 Å². The summed E-state index contributed by atoms with van der Waals surface area (Å²) in [4.78, 5) is 3.83. The lowest BCUT2D eigenvalue weighted by molar-refractivity contribution is 0.458. The number of rotatable bonds is 3. The first-order chi connectivity index (χ1) is 8.86. The lowest BCUT2D eigenvalue weighted by atomic mass is 10.2. The van der Waals surface area contributed by atoms with Gasteiger partial charge in [0.15, 0.2) is 0 Å². The molecule has 1 heterocycles. The maximum atomic E-state index is 11.1. The molecule has 0 saturated carbocycles. The van der Waals surface area contributed by atoms with E-state index in [1.54, 1.807) is 18.2 Å². The quantitative estimate of drug-likeness (QED) is 0.943. The van der Waals surface area contributed by atoms with Gasteiger partial charge in [0.25, 0.3) is 0 Å². The van der Waals surface area contributed by atoms with Crippen molar-refractivity contribution in [3.05, 3.63) is 47.1 Å². The van der Waals surface area contributed by atoms with Gasteiger partial charge in [0, 0.05) is 11.1 Å². The van der Waals surface area contributed by atoms with Gasteiger partial charge in [0.1, 0.15) is 10.6 Å². The third-order valence-corrected chi connectivity index (χ3v) is 3.52. The topological polar surface area (TPSA) is 82.3 Å². The number of ether oxygens (including phenoxy) is 1. The number of aromatic nitrogens is 1. The molecule has 0 atom stereocenters. The minimum Gasteiger partial charge on any atom is -0.439 e. The van der Waals surface area contributed by atoms with E-state index in [9.17, 15) is 8.42 Å². The summed E-state index contributed by atoms with van der Waals surface area (Å²) in [7, 11) is -3.74. The van der Waals surface area contributed by atoms with E-state index in [1.165, 1.54) is 12.1 Å². The van der Waals surface area contributed by atoms with Crippen molar-refractivity contribution in [2.75, 3.05) is 0 Å². The molecule has 1 aromatic heterocycles. The number of sulfonamides is 1. The standard InChI is InChI=1S/C12H11ClN2O3S/c1-8-6-9(13)2-4-11(8)18-12-5-3-10(7-15-12)19(14,16)17/h2-7H,1H3,(H2,14,16,17). The van der Waals surface area contributed by atoms with Gasteiger partial charge in [0.2, 0.25) is 15.9 Å². The summed E-state index contributed by atoms with van der Waals surface area (Å²) in [6, 6.07) is 7.95. The molecule has 0 amide bonds. The third-order valence-electron chi connectivity index (χ3n) is 2.39. The average molecular weight is 299 g/mol. The maximum Gasteiger partial charge on any atom is 0.239 e. The molecule has 100 valence electrons. The second kappa shape index (κ2) is 5.16. The van der Waals surface area contributed by atoms with Crippen LogP contribution in [0.5, 0.6) is 11.6 Å². The molecule has 19 heavy (non-hydrogen) atoms. The Morgan fingerprint density at radius 2 is 2.00 bits per heavy atom. The molecule has 0 saturated heterocycles. The smallest absolute Gasteiger partial charge is 0.239 e. The first-order valence-corrected chi connectivity index (χ1v) is 7.21. The van der Waals surface area contributed by atoms with E-state index < -0.39 is 10.0 Å². The van der Waals surface area contributed by atoms with Crippen LogP contribution in [0.2, 0.25) is 5.02 Å². The van der Waals surface area contributed by atoms with Gasteiger partial charge in [-0.15, -0.1) is 0 Å². The van der Waals surface area contributed by atoms with Crippen LogP contribution < -0.4 is 9.88 Å². The molecule has 7 heteroatoms. The number of hydrogen-bond donors (Lipinski definition) is 1. The molecule has 5 nitrogen and oxygen atoms in total. The van der Waals surface area contributed by atoms with Crippen LogP contribution in [0.15, 0.2) is 41.4 Å². The molecule has 1 aromatic carbocycles. The van der Waals surface area contributed by atoms with Crippen molar-refractivity contribution in [1.82, 2.24) is 4.98 Å². The Labute approximate surface area is 116 Å². The first-order valence-electron chi connectivity index (χ1n) is 5.29. The Kier molecular flexibility index (Phi) is 3.75. The maximum absolute atomic E-state index is 11.1. The second-order valence-corrected chi connectivity index (χ2v) is 5.89. The molecule has 0 aliphatic rings. The van der Waals surface area contributed by atoms with Crippen LogP contribution in [0, 0.1) is 6.92 Å². The number of aryl methyl sites for hydroxylation is 1. The van der Waals surface area contributed by atoms with Crippen LogP contribution in [0.4, 0.5) is 0 Å². The number of benzene rings is 1. The van der Waals surface area contributed by atoms with Crippen LogP contribution in [0.3, 0.4) is 0 Å². The molecular weight excluding hydrogens is 288 g/mol. The van der Waals surface area contributed by atoms with Gasteiger partial charge >= 0.3 is 0 Å².